The van der Waals surface area contributed by atoms with Gasteiger partial charge in [-0.2, -0.15) is 0 Å². The molecule has 0 aliphatic heterocycles. The first-order chi connectivity index (χ1) is 10.4. The average molecular weight is 275 g/mol. The number of nitrogens with zero attached hydrogens (tertiary/aromatic N) is 1. The van der Waals surface area contributed by atoms with E-state index in [0.717, 1.165) is 13.0 Å². The van der Waals surface area contributed by atoms with Gasteiger partial charge in [-0.25, -0.2) is 0 Å². The molecule has 0 aliphatic carbocycles. The number of aromatic nitrogens is 1. The van der Waals surface area contributed by atoms with Crippen molar-refractivity contribution in [1.29, 1.82) is 0 Å². The van der Waals surface area contributed by atoms with E-state index in [4.69, 9.17) is 0 Å². The van der Waals surface area contributed by atoms with Gasteiger partial charge in [-0.15, -0.1) is 0 Å². The SMILES string of the molecule is CCCc1c(-c2ccccc2)ccn1Cc1ccccc1. The number of hydrogen-bond donors (Lipinski definition) is 0. The molecule has 0 saturated heterocycles. The first-order valence-electron chi connectivity index (χ1n) is 7.66. The van der Waals surface area contributed by atoms with Gasteiger partial charge in [0.25, 0.3) is 0 Å². The predicted molar refractivity (Wildman–Crippen MR) is 89.4 cm³/mol. The Hall–Kier alpha value is -2.28. The van der Waals surface area contributed by atoms with Crippen LogP contribution in [0.4, 0.5) is 0 Å². The molecule has 0 spiro atoms. The minimum Gasteiger partial charge on any atom is -0.346 e. The molecule has 1 heteroatoms. The lowest BCUT2D eigenvalue weighted by atomic mass is 10.0. The van der Waals surface area contributed by atoms with Crippen molar-refractivity contribution in [3.05, 3.63) is 84.2 Å². The van der Waals surface area contributed by atoms with E-state index in [-0.39, 0.29) is 0 Å². The van der Waals surface area contributed by atoms with Crippen LogP contribution in [0.15, 0.2) is 72.9 Å². The maximum Gasteiger partial charge on any atom is 0.0473 e. The monoisotopic (exact) mass is 275 g/mol. The smallest absolute Gasteiger partial charge is 0.0473 e. The highest BCUT2D eigenvalue weighted by molar-refractivity contribution is 5.66. The maximum absolute atomic E-state index is 2.39. The van der Waals surface area contributed by atoms with Gasteiger partial charge < -0.3 is 4.57 Å². The van der Waals surface area contributed by atoms with Gasteiger partial charge in [0, 0.05) is 24.0 Å². The summed E-state index contributed by atoms with van der Waals surface area (Å²) in [6.07, 6.45) is 4.50. The van der Waals surface area contributed by atoms with Gasteiger partial charge in [-0.3, -0.25) is 0 Å². The summed E-state index contributed by atoms with van der Waals surface area (Å²) in [4.78, 5) is 0. The highest BCUT2D eigenvalue weighted by Gasteiger charge is 2.10. The summed E-state index contributed by atoms with van der Waals surface area (Å²) in [5.74, 6) is 0. The molecule has 1 heterocycles. The second-order valence-electron chi connectivity index (χ2n) is 5.41. The van der Waals surface area contributed by atoms with E-state index in [1.165, 1.54) is 28.8 Å². The quantitative estimate of drug-likeness (QED) is 0.606. The third-order valence-corrected chi connectivity index (χ3v) is 3.85. The molecule has 106 valence electrons. The summed E-state index contributed by atoms with van der Waals surface area (Å²) in [6.45, 7) is 3.19. The minimum atomic E-state index is 0.947. The predicted octanol–water partition coefficient (Wildman–Crippen LogP) is 5.16. The van der Waals surface area contributed by atoms with E-state index in [1.807, 2.05) is 0 Å². The van der Waals surface area contributed by atoms with Gasteiger partial charge in [0.2, 0.25) is 0 Å². The van der Waals surface area contributed by atoms with Crippen LogP contribution in [0.3, 0.4) is 0 Å². The van der Waals surface area contributed by atoms with Crippen molar-refractivity contribution in [2.24, 2.45) is 0 Å². The molecule has 0 saturated carbocycles. The maximum atomic E-state index is 2.39. The summed E-state index contributed by atoms with van der Waals surface area (Å²) < 4.78 is 2.39. The molecule has 0 amide bonds. The summed E-state index contributed by atoms with van der Waals surface area (Å²) in [7, 11) is 0. The van der Waals surface area contributed by atoms with Crippen LogP contribution in [-0.4, -0.2) is 4.57 Å². The number of rotatable bonds is 5. The zero-order valence-electron chi connectivity index (χ0n) is 12.5. The molecule has 2 aromatic carbocycles. The molecular weight excluding hydrogens is 254 g/mol. The van der Waals surface area contributed by atoms with Gasteiger partial charge in [-0.1, -0.05) is 74.0 Å². The Labute approximate surface area is 126 Å². The van der Waals surface area contributed by atoms with Crippen LogP contribution in [0.2, 0.25) is 0 Å². The lowest BCUT2D eigenvalue weighted by molar-refractivity contribution is 0.727. The van der Waals surface area contributed by atoms with Gasteiger partial charge in [0.1, 0.15) is 0 Å². The second-order valence-corrected chi connectivity index (χ2v) is 5.41. The van der Waals surface area contributed by atoms with Crippen LogP contribution >= 0.6 is 0 Å². The summed E-state index contributed by atoms with van der Waals surface area (Å²) in [5, 5.41) is 0. The van der Waals surface area contributed by atoms with E-state index in [9.17, 15) is 0 Å². The van der Waals surface area contributed by atoms with Crippen LogP contribution in [0.1, 0.15) is 24.6 Å². The Morgan fingerprint density at radius 2 is 1.48 bits per heavy atom. The fourth-order valence-corrected chi connectivity index (χ4v) is 2.83. The Morgan fingerprint density at radius 3 is 2.14 bits per heavy atom. The fourth-order valence-electron chi connectivity index (χ4n) is 2.83. The number of hydrogen-bond acceptors (Lipinski definition) is 0. The lowest BCUT2D eigenvalue weighted by Crippen LogP contribution is -2.04. The second kappa shape index (κ2) is 6.45. The lowest BCUT2D eigenvalue weighted by Gasteiger charge is -2.11. The molecule has 0 bridgehead atoms. The molecule has 0 fully saturated rings. The van der Waals surface area contributed by atoms with Crippen LogP contribution < -0.4 is 0 Å². The Morgan fingerprint density at radius 1 is 0.810 bits per heavy atom. The van der Waals surface area contributed by atoms with E-state index in [2.05, 4.69) is 84.4 Å². The molecule has 0 unspecified atom stereocenters. The Bertz CT molecular complexity index is 680. The fraction of sp³-hybridized carbons (Fsp3) is 0.200. The van der Waals surface area contributed by atoms with E-state index in [0.29, 0.717) is 0 Å². The minimum absolute atomic E-state index is 0.947. The summed E-state index contributed by atoms with van der Waals surface area (Å²) in [5.41, 5.74) is 5.47. The van der Waals surface area contributed by atoms with E-state index in [1.54, 1.807) is 0 Å². The Balaban J connectivity index is 1.96. The van der Waals surface area contributed by atoms with E-state index >= 15 is 0 Å². The molecule has 1 aromatic heterocycles. The molecule has 0 aliphatic rings. The summed E-state index contributed by atoms with van der Waals surface area (Å²) in [6, 6.07) is 23.6. The summed E-state index contributed by atoms with van der Waals surface area (Å²) >= 11 is 0. The molecule has 0 radical (unpaired) electrons. The first-order valence-corrected chi connectivity index (χ1v) is 7.66. The van der Waals surface area contributed by atoms with Crippen LogP contribution in [-0.2, 0) is 13.0 Å². The zero-order valence-corrected chi connectivity index (χ0v) is 12.5. The topological polar surface area (TPSA) is 4.93 Å². The van der Waals surface area contributed by atoms with Gasteiger partial charge in [0.15, 0.2) is 0 Å². The molecule has 0 N–H and O–H groups in total. The molecule has 0 atom stereocenters. The van der Waals surface area contributed by atoms with Crippen molar-refractivity contribution in [2.75, 3.05) is 0 Å². The molecule has 1 nitrogen and oxygen atoms in total. The van der Waals surface area contributed by atoms with Crippen molar-refractivity contribution in [1.82, 2.24) is 4.57 Å². The average Bonchev–Trinajstić information content (AvgIpc) is 2.92. The standard InChI is InChI=1S/C20H21N/c1-2-9-20-19(18-12-7-4-8-13-18)14-15-21(20)16-17-10-5-3-6-11-17/h3-8,10-15H,2,9,16H2,1H3. The van der Waals surface area contributed by atoms with Crippen molar-refractivity contribution in [3.63, 3.8) is 0 Å². The molecule has 3 aromatic rings. The van der Waals surface area contributed by atoms with Crippen LogP contribution in [0.5, 0.6) is 0 Å². The van der Waals surface area contributed by atoms with E-state index < -0.39 is 0 Å². The van der Waals surface area contributed by atoms with Crippen molar-refractivity contribution in [2.45, 2.75) is 26.3 Å². The van der Waals surface area contributed by atoms with Crippen LogP contribution in [0.25, 0.3) is 11.1 Å². The van der Waals surface area contributed by atoms with Gasteiger partial charge in [0.05, 0.1) is 0 Å². The highest BCUT2D eigenvalue weighted by Crippen LogP contribution is 2.26. The van der Waals surface area contributed by atoms with Crippen molar-refractivity contribution in [3.8, 4) is 11.1 Å². The molecular formula is C20H21N. The first kappa shape index (κ1) is 13.7. The highest BCUT2D eigenvalue weighted by atomic mass is 15.0. The van der Waals surface area contributed by atoms with Gasteiger partial charge >= 0.3 is 0 Å². The van der Waals surface area contributed by atoms with Gasteiger partial charge in [-0.05, 0) is 23.6 Å². The van der Waals surface area contributed by atoms with Crippen molar-refractivity contribution < 1.29 is 0 Å². The number of benzene rings is 2. The zero-order chi connectivity index (χ0) is 14.5. The molecule has 3 rings (SSSR count). The third kappa shape index (κ3) is 3.08. The Kier molecular flexibility index (Phi) is 4.20. The third-order valence-electron chi connectivity index (χ3n) is 3.85. The molecule has 21 heavy (non-hydrogen) atoms. The normalized spacial score (nSPS) is 10.7. The van der Waals surface area contributed by atoms with Crippen molar-refractivity contribution >= 4 is 0 Å². The largest absolute Gasteiger partial charge is 0.346 e. The van der Waals surface area contributed by atoms with Crippen LogP contribution in [0, 0.1) is 0 Å².